The van der Waals surface area contributed by atoms with Crippen LogP contribution in [0.25, 0.3) is 0 Å². The van der Waals surface area contributed by atoms with Crippen LogP contribution < -0.4 is 0 Å². The molecule has 0 radical (unpaired) electrons. The fourth-order valence-corrected chi connectivity index (χ4v) is 7.81. The molecule has 0 aromatic rings. The number of hydrogen-bond donors (Lipinski definition) is 4. The molecule has 0 aromatic heterocycles. The highest BCUT2D eigenvalue weighted by molar-refractivity contribution is 7.85. The number of hydrogen-bond acceptors (Lipinski definition) is 11. The van der Waals surface area contributed by atoms with Crippen molar-refractivity contribution in [2.45, 2.75) is 237 Å². The summed E-state index contributed by atoms with van der Waals surface area (Å²) in [6.45, 7) is 3.73. The van der Waals surface area contributed by atoms with Gasteiger partial charge in [0.15, 0.2) is 12.4 Å². The molecular formula is C46H84O12S. The van der Waals surface area contributed by atoms with Crippen molar-refractivity contribution in [1.29, 1.82) is 0 Å². The van der Waals surface area contributed by atoms with Crippen LogP contribution in [0.4, 0.5) is 0 Å². The first-order valence-corrected chi connectivity index (χ1v) is 25.0. The van der Waals surface area contributed by atoms with Crippen LogP contribution >= 0.6 is 0 Å². The number of carbonyl (C=O) groups is 2. The minimum Gasteiger partial charge on any atom is -0.462 e. The fourth-order valence-electron chi connectivity index (χ4n) is 7.12. The van der Waals surface area contributed by atoms with Crippen molar-refractivity contribution in [2.24, 2.45) is 0 Å². The molecule has 1 saturated heterocycles. The van der Waals surface area contributed by atoms with E-state index < -0.39 is 71.2 Å². The number of aliphatic hydroxyl groups excluding tert-OH is 3. The van der Waals surface area contributed by atoms with E-state index in [1.54, 1.807) is 0 Å². The number of carbonyl (C=O) groups excluding carboxylic acids is 2. The second-order valence-corrected chi connectivity index (χ2v) is 17.9. The highest BCUT2D eigenvalue weighted by atomic mass is 32.2. The monoisotopic (exact) mass is 861 g/mol. The van der Waals surface area contributed by atoms with E-state index in [0.717, 1.165) is 51.4 Å². The summed E-state index contributed by atoms with van der Waals surface area (Å²) in [6, 6.07) is 0. The Labute approximate surface area is 358 Å². The van der Waals surface area contributed by atoms with Crippen molar-refractivity contribution in [3.05, 3.63) is 24.3 Å². The lowest BCUT2D eigenvalue weighted by Gasteiger charge is -2.40. The molecule has 59 heavy (non-hydrogen) atoms. The van der Waals surface area contributed by atoms with Crippen LogP contribution in [0.2, 0.25) is 0 Å². The van der Waals surface area contributed by atoms with E-state index in [-0.39, 0.29) is 19.4 Å². The van der Waals surface area contributed by atoms with Gasteiger partial charge in [-0.05, 0) is 44.9 Å². The van der Waals surface area contributed by atoms with Gasteiger partial charge in [0, 0.05) is 12.8 Å². The third-order valence-corrected chi connectivity index (χ3v) is 11.5. The first-order chi connectivity index (χ1) is 28.5. The predicted molar refractivity (Wildman–Crippen MR) is 233 cm³/mol. The van der Waals surface area contributed by atoms with Crippen molar-refractivity contribution in [2.75, 3.05) is 19.0 Å². The van der Waals surface area contributed by atoms with Crippen molar-refractivity contribution >= 4 is 22.1 Å². The summed E-state index contributed by atoms with van der Waals surface area (Å²) in [5.74, 6) is -1.98. The third kappa shape index (κ3) is 31.6. The number of rotatable bonds is 39. The van der Waals surface area contributed by atoms with Gasteiger partial charge in [0.2, 0.25) is 0 Å². The Hall–Kier alpha value is -1.87. The lowest BCUT2D eigenvalue weighted by Crippen LogP contribution is -2.60. The smallest absolute Gasteiger partial charge is 0.306 e. The summed E-state index contributed by atoms with van der Waals surface area (Å²) in [4.78, 5) is 25.4. The molecule has 1 heterocycles. The molecule has 0 saturated carbocycles. The lowest BCUT2D eigenvalue weighted by atomic mass is 10.00. The molecule has 1 aliphatic heterocycles. The zero-order valence-electron chi connectivity index (χ0n) is 36.9. The Kier molecular flexibility index (Phi) is 34.4. The maximum atomic E-state index is 12.8. The molecule has 0 aliphatic carbocycles. The molecule has 6 atom stereocenters. The topological polar surface area (TPSA) is 186 Å². The summed E-state index contributed by atoms with van der Waals surface area (Å²) in [6.07, 6.45) is 30.8. The zero-order chi connectivity index (χ0) is 43.4. The van der Waals surface area contributed by atoms with E-state index >= 15 is 0 Å². The van der Waals surface area contributed by atoms with Gasteiger partial charge < -0.3 is 34.3 Å². The van der Waals surface area contributed by atoms with Crippen LogP contribution in [-0.2, 0) is 38.7 Å². The molecular weight excluding hydrogens is 777 g/mol. The Balaban J connectivity index is 2.40. The number of aliphatic hydroxyl groups is 3. The van der Waals surface area contributed by atoms with Gasteiger partial charge in [-0.3, -0.25) is 14.1 Å². The van der Waals surface area contributed by atoms with Crippen LogP contribution in [0.15, 0.2) is 24.3 Å². The van der Waals surface area contributed by atoms with Gasteiger partial charge >= 0.3 is 11.9 Å². The Morgan fingerprint density at radius 1 is 0.576 bits per heavy atom. The van der Waals surface area contributed by atoms with E-state index in [9.17, 15) is 37.9 Å². The minimum absolute atomic E-state index is 0.167. The summed E-state index contributed by atoms with van der Waals surface area (Å²) in [5.41, 5.74) is 0. The van der Waals surface area contributed by atoms with Crippen molar-refractivity contribution in [1.82, 2.24) is 0 Å². The van der Waals surface area contributed by atoms with Gasteiger partial charge in [-0.15, -0.1) is 0 Å². The minimum atomic E-state index is -4.60. The third-order valence-electron chi connectivity index (χ3n) is 10.8. The molecule has 0 spiro atoms. The average molecular weight is 861 g/mol. The number of esters is 2. The Bertz CT molecular complexity index is 1190. The fraction of sp³-hybridized carbons (Fsp3) is 0.870. The second-order valence-electron chi connectivity index (χ2n) is 16.4. The van der Waals surface area contributed by atoms with E-state index in [1.165, 1.54) is 109 Å². The normalized spacial score (nSPS) is 20.4. The van der Waals surface area contributed by atoms with E-state index in [4.69, 9.17) is 18.9 Å². The summed E-state index contributed by atoms with van der Waals surface area (Å²) in [5, 5.41) is 30.9. The molecule has 0 bridgehead atoms. The van der Waals surface area contributed by atoms with Gasteiger partial charge in [-0.25, -0.2) is 0 Å². The molecule has 2 unspecified atom stereocenters. The molecule has 1 rings (SSSR count). The SMILES string of the molecule is CCCCC/C=C/C/C=C/CCCCCCCCCCCC(=O)OC[C@H](CO[C@H]1O[C@H](CS(=O)(=O)O)[C@@H](O)C(O)C1O)OC(=O)CCCCCCCCCCCCCC. The molecule has 0 aromatic carbocycles. The van der Waals surface area contributed by atoms with Crippen LogP contribution in [0.5, 0.6) is 0 Å². The molecule has 1 aliphatic rings. The van der Waals surface area contributed by atoms with Crippen LogP contribution in [0.3, 0.4) is 0 Å². The van der Waals surface area contributed by atoms with Crippen LogP contribution in [0.1, 0.15) is 200 Å². The first kappa shape index (κ1) is 55.1. The van der Waals surface area contributed by atoms with Crippen LogP contribution in [0, 0.1) is 0 Å². The zero-order valence-corrected chi connectivity index (χ0v) is 37.7. The molecule has 346 valence electrons. The maximum absolute atomic E-state index is 12.8. The predicted octanol–water partition coefficient (Wildman–Crippen LogP) is 9.62. The molecule has 12 nitrogen and oxygen atoms in total. The highest BCUT2D eigenvalue weighted by Crippen LogP contribution is 2.24. The summed E-state index contributed by atoms with van der Waals surface area (Å²) >= 11 is 0. The van der Waals surface area contributed by atoms with Crippen molar-refractivity contribution in [3.63, 3.8) is 0 Å². The van der Waals surface area contributed by atoms with E-state index in [2.05, 4.69) is 38.2 Å². The number of unbranched alkanes of at least 4 members (excludes halogenated alkanes) is 23. The lowest BCUT2D eigenvalue weighted by molar-refractivity contribution is -0.297. The maximum Gasteiger partial charge on any atom is 0.306 e. The van der Waals surface area contributed by atoms with Gasteiger partial charge in [0.05, 0.1) is 6.61 Å². The Morgan fingerprint density at radius 2 is 1.02 bits per heavy atom. The van der Waals surface area contributed by atoms with E-state index in [1.807, 2.05) is 0 Å². The molecule has 4 N–H and O–H groups in total. The van der Waals surface area contributed by atoms with Gasteiger partial charge in [-0.2, -0.15) is 8.42 Å². The molecule has 13 heteroatoms. The van der Waals surface area contributed by atoms with Crippen molar-refractivity contribution < 1.29 is 56.8 Å². The van der Waals surface area contributed by atoms with Gasteiger partial charge in [-0.1, -0.05) is 167 Å². The quantitative estimate of drug-likeness (QED) is 0.0199. The van der Waals surface area contributed by atoms with E-state index in [0.29, 0.717) is 12.8 Å². The standard InChI is InChI=1S/C46H84O12S/c1-3-5-7-9-11-13-15-17-18-19-20-21-22-23-25-26-28-30-32-34-41(47)55-36-39(37-56-46-45(51)44(50)43(49)40(58-46)38-59(52,53)54)57-42(48)35-33-31-29-27-24-16-14-12-10-8-6-4-2/h11,13,17-18,39-40,43-46,49-51H,3-10,12,14-16,19-38H2,1-2H3,(H,52,53,54)/b13-11+,18-17+/t39-,40-,43-,44?,45?,46+/m1/s1. The average Bonchev–Trinajstić information content (AvgIpc) is 3.20. The van der Waals surface area contributed by atoms with Gasteiger partial charge in [0.1, 0.15) is 36.8 Å². The second kappa shape index (κ2) is 36.8. The summed E-state index contributed by atoms with van der Waals surface area (Å²) < 4.78 is 54.1. The largest absolute Gasteiger partial charge is 0.462 e. The highest BCUT2D eigenvalue weighted by Gasteiger charge is 2.46. The number of ether oxygens (including phenoxy) is 4. The molecule has 0 amide bonds. The summed E-state index contributed by atoms with van der Waals surface area (Å²) in [7, 11) is -4.60. The Morgan fingerprint density at radius 3 is 1.53 bits per heavy atom. The van der Waals surface area contributed by atoms with Crippen molar-refractivity contribution in [3.8, 4) is 0 Å². The molecule has 1 fully saturated rings. The van der Waals surface area contributed by atoms with Gasteiger partial charge in [0.25, 0.3) is 10.1 Å². The van der Waals surface area contributed by atoms with Crippen LogP contribution in [-0.4, -0.2) is 96.0 Å². The number of allylic oxidation sites excluding steroid dienone is 4. The first-order valence-electron chi connectivity index (χ1n) is 23.4.